The molecule has 0 bridgehead atoms. The third kappa shape index (κ3) is 9.07. The van der Waals surface area contributed by atoms with Crippen LogP contribution in [0.15, 0.2) is 30.6 Å². The molecule has 236 valence electrons. The zero-order valence-electron chi connectivity index (χ0n) is 26.4. The number of likely N-dealkylation sites (tertiary alicyclic amines) is 1. The van der Waals surface area contributed by atoms with Crippen molar-refractivity contribution in [3.05, 3.63) is 36.2 Å². The number of hydrogen-bond acceptors (Lipinski definition) is 9. The Morgan fingerprint density at radius 3 is 2.80 bits per heavy atom. The molecule has 44 heavy (non-hydrogen) atoms. The summed E-state index contributed by atoms with van der Waals surface area (Å²) in [6.45, 7) is 10.5. The Hall–Kier alpha value is -4.37. The number of fused-ring (bicyclic) bond motifs is 1. The number of carbonyl (C=O) groups is 2. The number of hydrogen-bond donors (Lipinski definition) is 3. The van der Waals surface area contributed by atoms with Gasteiger partial charge in [-0.05, 0) is 64.7 Å². The van der Waals surface area contributed by atoms with E-state index in [1.807, 2.05) is 49.8 Å². The molecular formula is C32H44N8O4. The van der Waals surface area contributed by atoms with E-state index in [2.05, 4.69) is 44.8 Å². The van der Waals surface area contributed by atoms with Gasteiger partial charge in [-0.2, -0.15) is 10.1 Å². The van der Waals surface area contributed by atoms with Crippen LogP contribution in [-0.4, -0.2) is 81.6 Å². The number of ether oxygens (including phenoxy) is 2. The lowest BCUT2D eigenvalue weighted by atomic mass is 10.2. The lowest BCUT2D eigenvalue weighted by molar-refractivity contribution is -0.125. The van der Waals surface area contributed by atoms with Gasteiger partial charge in [0.1, 0.15) is 17.5 Å². The van der Waals surface area contributed by atoms with Gasteiger partial charge in [-0.15, -0.1) is 0 Å². The summed E-state index contributed by atoms with van der Waals surface area (Å²) in [7, 11) is 1.68. The minimum Gasteiger partial charge on any atom is -0.444 e. The van der Waals surface area contributed by atoms with Crippen molar-refractivity contribution in [3.8, 4) is 11.8 Å². The second-order valence-corrected chi connectivity index (χ2v) is 11.7. The maximum absolute atomic E-state index is 12.8. The molecule has 12 heteroatoms. The Labute approximate surface area is 259 Å². The molecule has 12 nitrogen and oxygen atoms in total. The summed E-state index contributed by atoms with van der Waals surface area (Å²) in [6.07, 6.45) is 6.74. The molecule has 3 heterocycles. The van der Waals surface area contributed by atoms with Crippen molar-refractivity contribution in [2.45, 2.75) is 78.0 Å². The molecule has 1 aromatic carbocycles. The van der Waals surface area contributed by atoms with Crippen molar-refractivity contribution in [2.75, 3.05) is 44.0 Å². The third-order valence-corrected chi connectivity index (χ3v) is 6.92. The number of nitrogens with zero attached hydrogens (tertiary/aromatic N) is 5. The number of rotatable bonds is 12. The molecule has 0 saturated carbocycles. The van der Waals surface area contributed by atoms with Gasteiger partial charge in [0.05, 0.1) is 36.6 Å². The standard InChI is InChI=1S/C32H44N8O4/c1-6-15-33-28-24(11-8-7-9-16-34-29(41)26-12-10-17-39(26)31(42)44-32(2,3)4)21-35-30(38-28)37-25-14-13-23-22-36-40(18-19-43-5)27(23)20-25/h13-14,20-22,26H,6-7,9-10,12,15-19H2,1-5H3,(H,34,41)(H2,33,35,37,38)/t26-/m0/s1. The van der Waals surface area contributed by atoms with Gasteiger partial charge in [-0.25, -0.2) is 9.78 Å². The van der Waals surface area contributed by atoms with E-state index in [-0.39, 0.29) is 5.91 Å². The summed E-state index contributed by atoms with van der Waals surface area (Å²) >= 11 is 0. The van der Waals surface area contributed by atoms with Crippen LogP contribution in [0.2, 0.25) is 0 Å². The Morgan fingerprint density at radius 1 is 1.18 bits per heavy atom. The van der Waals surface area contributed by atoms with Crippen LogP contribution in [0, 0.1) is 11.8 Å². The van der Waals surface area contributed by atoms with E-state index in [0.717, 1.165) is 36.0 Å². The minimum absolute atomic E-state index is 0.151. The molecule has 1 aliphatic rings. The molecule has 3 N–H and O–H groups in total. The van der Waals surface area contributed by atoms with Gasteiger partial charge in [-0.1, -0.05) is 18.8 Å². The maximum atomic E-state index is 12.8. The summed E-state index contributed by atoms with van der Waals surface area (Å²) in [5.74, 6) is 7.34. The molecule has 0 spiro atoms. The molecule has 0 unspecified atom stereocenters. The van der Waals surface area contributed by atoms with E-state index in [9.17, 15) is 9.59 Å². The highest BCUT2D eigenvalue weighted by molar-refractivity contribution is 5.86. The first-order chi connectivity index (χ1) is 21.2. The monoisotopic (exact) mass is 604 g/mol. The number of amides is 2. The van der Waals surface area contributed by atoms with Crippen LogP contribution in [0.4, 0.5) is 22.2 Å². The summed E-state index contributed by atoms with van der Waals surface area (Å²) in [5.41, 5.74) is 1.96. The Balaban J connectivity index is 1.32. The fraction of sp³-hybridized carbons (Fsp3) is 0.531. The SMILES string of the molecule is CCCNc1nc(Nc2ccc3cnn(CCOC)c3c2)ncc1C#CCCCNC(=O)[C@@H]1CCCN1C(=O)OC(C)(C)C. The number of unbranched alkanes of at least 4 members (excludes halogenated alkanes) is 1. The number of nitrogens with one attached hydrogen (secondary N) is 3. The zero-order valence-corrected chi connectivity index (χ0v) is 26.4. The van der Waals surface area contributed by atoms with E-state index >= 15 is 0 Å². The largest absolute Gasteiger partial charge is 0.444 e. The molecule has 3 aromatic rings. The Kier molecular flexibility index (Phi) is 11.4. The fourth-order valence-corrected chi connectivity index (χ4v) is 4.79. The van der Waals surface area contributed by atoms with Crippen molar-refractivity contribution >= 4 is 40.4 Å². The minimum atomic E-state index is -0.600. The number of aromatic nitrogens is 4. The molecule has 2 aromatic heterocycles. The molecule has 4 rings (SSSR count). The van der Waals surface area contributed by atoms with Crippen LogP contribution in [-0.2, 0) is 20.8 Å². The molecule has 1 atom stereocenters. The first-order valence-electron chi connectivity index (χ1n) is 15.3. The highest BCUT2D eigenvalue weighted by atomic mass is 16.6. The van der Waals surface area contributed by atoms with Crippen LogP contribution in [0.3, 0.4) is 0 Å². The van der Waals surface area contributed by atoms with Crippen molar-refractivity contribution in [1.82, 2.24) is 30.0 Å². The summed E-state index contributed by atoms with van der Waals surface area (Å²) in [5, 5.41) is 15.1. The normalized spacial score (nSPS) is 14.7. The van der Waals surface area contributed by atoms with Crippen LogP contribution in [0.1, 0.15) is 65.4 Å². The molecule has 1 saturated heterocycles. The Morgan fingerprint density at radius 2 is 2.02 bits per heavy atom. The predicted molar refractivity (Wildman–Crippen MR) is 171 cm³/mol. The topological polar surface area (TPSA) is 136 Å². The average molecular weight is 605 g/mol. The number of anilines is 3. The third-order valence-electron chi connectivity index (χ3n) is 6.92. The van der Waals surface area contributed by atoms with Crippen LogP contribution < -0.4 is 16.0 Å². The van der Waals surface area contributed by atoms with E-state index < -0.39 is 17.7 Å². The van der Waals surface area contributed by atoms with Gasteiger partial charge < -0.3 is 25.4 Å². The second-order valence-electron chi connectivity index (χ2n) is 11.7. The summed E-state index contributed by atoms with van der Waals surface area (Å²) < 4.78 is 12.6. The van der Waals surface area contributed by atoms with Gasteiger partial charge in [-0.3, -0.25) is 14.4 Å². The first-order valence-corrected chi connectivity index (χ1v) is 15.3. The smallest absolute Gasteiger partial charge is 0.410 e. The molecule has 2 amide bonds. The molecule has 0 aliphatic carbocycles. The number of methoxy groups -OCH3 is 1. The highest BCUT2D eigenvalue weighted by Crippen LogP contribution is 2.23. The zero-order chi connectivity index (χ0) is 31.5. The van der Waals surface area contributed by atoms with E-state index in [1.165, 1.54) is 4.90 Å². The predicted octanol–water partition coefficient (Wildman–Crippen LogP) is 4.69. The summed E-state index contributed by atoms with van der Waals surface area (Å²) in [4.78, 5) is 36.0. The van der Waals surface area contributed by atoms with Gasteiger partial charge in [0.15, 0.2) is 0 Å². The van der Waals surface area contributed by atoms with Gasteiger partial charge in [0.25, 0.3) is 0 Å². The quantitative estimate of drug-likeness (QED) is 0.199. The van der Waals surface area contributed by atoms with Gasteiger partial charge in [0.2, 0.25) is 11.9 Å². The molecule has 1 fully saturated rings. The van der Waals surface area contributed by atoms with E-state index in [0.29, 0.717) is 62.8 Å². The van der Waals surface area contributed by atoms with Gasteiger partial charge >= 0.3 is 6.09 Å². The summed E-state index contributed by atoms with van der Waals surface area (Å²) in [6, 6.07) is 5.51. The maximum Gasteiger partial charge on any atom is 0.410 e. The fourth-order valence-electron chi connectivity index (χ4n) is 4.79. The van der Waals surface area contributed by atoms with Crippen LogP contribution in [0.25, 0.3) is 10.9 Å². The average Bonchev–Trinajstić information content (AvgIpc) is 3.64. The van der Waals surface area contributed by atoms with Crippen LogP contribution >= 0.6 is 0 Å². The van der Waals surface area contributed by atoms with Crippen molar-refractivity contribution < 1.29 is 19.1 Å². The van der Waals surface area contributed by atoms with Gasteiger partial charge in [0, 0.05) is 44.2 Å². The van der Waals surface area contributed by atoms with E-state index in [4.69, 9.17) is 14.5 Å². The lowest BCUT2D eigenvalue weighted by Gasteiger charge is -2.28. The first kappa shape index (κ1) is 32.5. The van der Waals surface area contributed by atoms with E-state index in [1.54, 1.807) is 13.3 Å². The van der Waals surface area contributed by atoms with Crippen molar-refractivity contribution in [2.24, 2.45) is 0 Å². The van der Waals surface area contributed by atoms with Crippen LogP contribution in [0.5, 0.6) is 0 Å². The second kappa shape index (κ2) is 15.4. The number of benzene rings is 1. The number of carbonyl (C=O) groups excluding carboxylic acids is 2. The lowest BCUT2D eigenvalue weighted by Crippen LogP contribution is -2.47. The van der Waals surface area contributed by atoms with Crippen molar-refractivity contribution in [3.63, 3.8) is 0 Å². The highest BCUT2D eigenvalue weighted by Gasteiger charge is 2.36. The molecule has 1 aliphatic heterocycles. The Bertz CT molecular complexity index is 1490. The molecule has 0 radical (unpaired) electrons. The van der Waals surface area contributed by atoms with Crippen molar-refractivity contribution in [1.29, 1.82) is 0 Å². The molecular weight excluding hydrogens is 560 g/mol.